The smallest absolute Gasteiger partial charge is 0.220 e. The first-order valence-electron chi connectivity index (χ1n) is 11.7. The number of nitrogens with zero attached hydrogens (tertiary/aromatic N) is 1. The number of nitrogens with one attached hydrogen (secondary N) is 1. The van der Waals surface area contributed by atoms with Gasteiger partial charge in [0.1, 0.15) is 19.0 Å². The molecule has 0 spiro atoms. The van der Waals surface area contributed by atoms with Gasteiger partial charge in [-0.1, -0.05) is 6.07 Å². The number of ketones is 1. The van der Waals surface area contributed by atoms with Crippen LogP contribution in [0.25, 0.3) is 0 Å². The quantitative estimate of drug-likeness (QED) is 0.558. The van der Waals surface area contributed by atoms with Gasteiger partial charge in [0.05, 0.1) is 7.11 Å². The van der Waals surface area contributed by atoms with E-state index in [9.17, 15) is 9.59 Å². The second-order valence-corrected chi connectivity index (χ2v) is 8.61. The number of ether oxygens (including phenoxy) is 3. The summed E-state index contributed by atoms with van der Waals surface area (Å²) in [6.45, 7) is 4.03. The van der Waals surface area contributed by atoms with Crippen LogP contribution in [0.4, 0.5) is 0 Å². The van der Waals surface area contributed by atoms with Gasteiger partial charge in [-0.3, -0.25) is 9.59 Å². The summed E-state index contributed by atoms with van der Waals surface area (Å²) in [5.74, 6) is 2.08. The highest BCUT2D eigenvalue weighted by molar-refractivity contribution is 5.98. The average Bonchev–Trinajstić information content (AvgIpc) is 3.35. The Kier molecular flexibility index (Phi) is 7.83. The molecular formula is C26H32N2O5. The monoisotopic (exact) mass is 452 g/mol. The van der Waals surface area contributed by atoms with E-state index in [1.165, 1.54) is 12.8 Å². The number of carbonyl (C=O) groups excluding carboxylic acids is 2. The lowest BCUT2D eigenvalue weighted by Gasteiger charge is -2.25. The Labute approximate surface area is 195 Å². The molecule has 176 valence electrons. The second-order valence-electron chi connectivity index (χ2n) is 8.61. The van der Waals surface area contributed by atoms with Crippen molar-refractivity contribution in [2.24, 2.45) is 0 Å². The van der Waals surface area contributed by atoms with Crippen LogP contribution in [0, 0.1) is 0 Å². The summed E-state index contributed by atoms with van der Waals surface area (Å²) in [5.41, 5.74) is 1.69. The summed E-state index contributed by atoms with van der Waals surface area (Å²) in [5, 5.41) is 3.17. The Bertz CT molecular complexity index is 954. The van der Waals surface area contributed by atoms with Crippen molar-refractivity contribution >= 4 is 11.7 Å². The van der Waals surface area contributed by atoms with Crippen LogP contribution >= 0.6 is 0 Å². The Balaban J connectivity index is 1.35. The van der Waals surface area contributed by atoms with Crippen LogP contribution in [0.5, 0.6) is 17.2 Å². The standard InChI is InChI=1S/C26H32N2O5/c1-31-22-7-5-20(6-8-22)23(29)9-11-26(30)27-21(18-28-12-2-3-13-28)16-19-4-10-24-25(17-19)33-15-14-32-24/h4-8,10,17,21H,2-3,9,11-16,18H2,1H3,(H,27,30)/t21-/m0/s1. The minimum Gasteiger partial charge on any atom is -0.497 e. The van der Waals surface area contributed by atoms with Gasteiger partial charge in [0.25, 0.3) is 0 Å². The first-order chi connectivity index (χ1) is 16.1. The van der Waals surface area contributed by atoms with E-state index in [4.69, 9.17) is 14.2 Å². The van der Waals surface area contributed by atoms with E-state index in [0.717, 1.165) is 36.7 Å². The highest BCUT2D eigenvalue weighted by atomic mass is 16.6. The highest BCUT2D eigenvalue weighted by Crippen LogP contribution is 2.31. The van der Waals surface area contributed by atoms with Crippen LogP contribution in [0.2, 0.25) is 0 Å². The molecule has 1 atom stereocenters. The molecule has 1 saturated heterocycles. The van der Waals surface area contributed by atoms with Gasteiger partial charge in [-0.05, 0) is 74.3 Å². The fourth-order valence-corrected chi connectivity index (χ4v) is 4.39. The third-order valence-electron chi connectivity index (χ3n) is 6.12. The topological polar surface area (TPSA) is 77.1 Å². The Hall–Kier alpha value is -3.06. The van der Waals surface area contributed by atoms with E-state index in [1.807, 2.05) is 18.2 Å². The number of Topliss-reactive ketones (excluding diaryl/α,β-unsaturated/α-hetero) is 1. The molecule has 7 heteroatoms. The maximum atomic E-state index is 12.7. The SMILES string of the molecule is COc1ccc(C(=O)CCC(=O)N[C@@H](Cc2ccc3c(c2)OCCO3)CN2CCCC2)cc1. The normalized spacial score (nSPS) is 16.3. The van der Waals surface area contributed by atoms with E-state index in [-0.39, 0.29) is 30.6 Å². The average molecular weight is 453 g/mol. The van der Waals surface area contributed by atoms with Crippen LogP contribution in [-0.2, 0) is 11.2 Å². The fraction of sp³-hybridized carbons (Fsp3) is 0.462. The molecule has 0 aliphatic carbocycles. The summed E-state index contributed by atoms with van der Waals surface area (Å²) in [6, 6.07) is 12.9. The number of fused-ring (bicyclic) bond motifs is 1. The van der Waals surface area contributed by atoms with Gasteiger partial charge in [0.15, 0.2) is 17.3 Å². The molecule has 0 aromatic heterocycles. The first-order valence-corrected chi connectivity index (χ1v) is 11.7. The molecule has 1 N–H and O–H groups in total. The lowest BCUT2D eigenvalue weighted by Crippen LogP contribution is -2.44. The van der Waals surface area contributed by atoms with Crippen molar-refractivity contribution in [2.75, 3.05) is 40.0 Å². The Morgan fingerprint density at radius 1 is 1.00 bits per heavy atom. The third-order valence-corrected chi connectivity index (χ3v) is 6.12. The molecule has 0 bridgehead atoms. The number of rotatable bonds is 10. The van der Waals surface area contributed by atoms with Crippen molar-refractivity contribution < 1.29 is 23.8 Å². The van der Waals surface area contributed by atoms with Gasteiger partial charge in [0.2, 0.25) is 5.91 Å². The highest BCUT2D eigenvalue weighted by Gasteiger charge is 2.21. The van der Waals surface area contributed by atoms with Crippen molar-refractivity contribution in [1.82, 2.24) is 10.2 Å². The van der Waals surface area contributed by atoms with Gasteiger partial charge in [-0.2, -0.15) is 0 Å². The van der Waals surface area contributed by atoms with Crippen molar-refractivity contribution in [2.45, 2.75) is 38.1 Å². The number of amides is 1. The van der Waals surface area contributed by atoms with Crippen LogP contribution < -0.4 is 19.5 Å². The lowest BCUT2D eigenvalue weighted by atomic mass is 10.0. The molecule has 0 saturated carbocycles. The summed E-state index contributed by atoms with van der Waals surface area (Å²) in [4.78, 5) is 27.6. The van der Waals surface area contributed by atoms with E-state index >= 15 is 0 Å². The summed E-state index contributed by atoms with van der Waals surface area (Å²) in [6.07, 6.45) is 3.44. The van der Waals surface area contributed by atoms with Crippen molar-refractivity contribution in [3.05, 3.63) is 53.6 Å². The van der Waals surface area contributed by atoms with Crippen molar-refractivity contribution in [1.29, 1.82) is 0 Å². The van der Waals surface area contributed by atoms with Gasteiger partial charge in [-0.25, -0.2) is 0 Å². The number of benzene rings is 2. The summed E-state index contributed by atoms with van der Waals surface area (Å²) < 4.78 is 16.5. The maximum absolute atomic E-state index is 12.7. The largest absolute Gasteiger partial charge is 0.497 e. The Morgan fingerprint density at radius 2 is 1.73 bits per heavy atom. The summed E-state index contributed by atoms with van der Waals surface area (Å²) in [7, 11) is 1.59. The van der Waals surface area contributed by atoms with E-state index < -0.39 is 0 Å². The zero-order chi connectivity index (χ0) is 23.0. The van der Waals surface area contributed by atoms with Crippen LogP contribution in [0.1, 0.15) is 41.6 Å². The molecular weight excluding hydrogens is 420 g/mol. The van der Waals surface area contributed by atoms with Gasteiger partial charge < -0.3 is 24.4 Å². The molecule has 2 aromatic carbocycles. The first kappa shape index (κ1) is 23.1. The number of hydrogen-bond donors (Lipinski definition) is 1. The van der Waals surface area contributed by atoms with E-state index in [2.05, 4.69) is 10.2 Å². The minimum atomic E-state index is -0.0985. The molecule has 1 fully saturated rings. The molecule has 2 aromatic rings. The number of carbonyl (C=O) groups is 2. The molecule has 2 aliphatic rings. The van der Waals surface area contributed by atoms with Crippen molar-refractivity contribution in [3.63, 3.8) is 0 Å². The third kappa shape index (κ3) is 6.48. The van der Waals surface area contributed by atoms with Crippen LogP contribution in [-0.4, -0.2) is 62.6 Å². The van der Waals surface area contributed by atoms with Crippen LogP contribution in [0.3, 0.4) is 0 Å². The molecule has 4 rings (SSSR count). The molecule has 2 heterocycles. The molecule has 33 heavy (non-hydrogen) atoms. The number of methoxy groups -OCH3 is 1. The van der Waals surface area contributed by atoms with E-state index in [1.54, 1.807) is 31.4 Å². The van der Waals surface area contributed by atoms with Crippen LogP contribution in [0.15, 0.2) is 42.5 Å². The zero-order valence-corrected chi connectivity index (χ0v) is 19.2. The predicted molar refractivity (Wildman–Crippen MR) is 125 cm³/mol. The van der Waals surface area contributed by atoms with Gasteiger partial charge in [0, 0.05) is 31.0 Å². The molecule has 1 amide bonds. The Morgan fingerprint density at radius 3 is 2.45 bits per heavy atom. The number of hydrogen-bond acceptors (Lipinski definition) is 6. The van der Waals surface area contributed by atoms with Gasteiger partial charge in [-0.15, -0.1) is 0 Å². The lowest BCUT2D eigenvalue weighted by molar-refractivity contribution is -0.121. The minimum absolute atomic E-state index is 0.0331. The molecule has 0 unspecified atom stereocenters. The zero-order valence-electron chi connectivity index (χ0n) is 19.2. The molecule has 2 aliphatic heterocycles. The van der Waals surface area contributed by atoms with Gasteiger partial charge >= 0.3 is 0 Å². The van der Waals surface area contributed by atoms with Crippen molar-refractivity contribution in [3.8, 4) is 17.2 Å². The fourth-order valence-electron chi connectivity index (χ4n) is 4.39. The van der Waals surface area contributed by atoms with E-state index in [0.29, 0.717) is 30.9 Å². The molecule has 0 radical (unpaired) electrons. The predicted octanol–water partition coefficient (Wildman–Crippen LogP) is 3.25. The number of likely N-dealkylation sites (tertiary alicyclic amines) is 1. The molecule has 7 nitrogen and oxygen atoms in total. The second kappa shape index (κ2) is 11.2. The summed E-state index contributed by atoms with van der Waals surface area (Å²) >= 11 is 0. The maximum Gasteiger partial charge on any atom is 0.220 e.